The van der Waals surface area contributed by atoms with E-state index in [-0.39, 0.29) is 22.7 Å². The molecule has 2 aromatic rings. The first kappa shape index (κ1) is 15.2. The van der Waals surface area contributed by atoms with Crippen LogP contribution in [0.4, 0.5) is 5.69 Å². The van der Waals surface area contributed by atoms with Gasteiger partial charge in [0, 0.05) is 11.7 Å². The second kappa shape index (κ2) is 5.83. The molecule has 0 bridgehead atoms. The molecule has 1 aromatic carbocycles. The van der Waals surface area contributed by atoms with Crippen LogP contribution in [-0.2, 0) is 21.2 Å². The molecule has 116 valence electrons. The highest BCUT2D eigenvalue weighted by atomic mass is 32.2. The third-order valence-electron chi connectivity index (χ3n) is 3.65. The number of rotatable bonds is 4. The minimum atomic E-state index is -3.62. The number of anilines is 1. The van der Waals surface area contributed by atoms with Crippen LogP contribution in [0.5, 0.6) is 0 Å². The normalized spacial score (nSPS) is 17.5. The Bertz CT molecular complexity index is 785. The molecule has 1 aliphatic rings. The summed E-state index contributed by atoms with van der Waals surface area (Å²) < 4.78 is 26.7. The van der Waals surface area contributed by atoms with E-state index in [1.54, 1.807) is 16.3 Å². The summed E-state index contributed by atoms with van der Waals surface area (Å²) in [5, 5.41) is 1.69. The molecular formula is C15H16N2O3S2. The van der Waals surface area contributed by atoms with Gasteiger partial charge >= 0.3 is 0 Å². The zero-order chi connectivity index (χ0) is 15.7. The molecule has 0 radical (unpaired) electrons. The smallest absolute Gasteiger partial charge is 0.250 e. The van der Waals surface area contributed by atoms with E-state index < -0.39 is 10.0 Å². The molecule has 1 N–H and O–H groups in total. The first-order valence-electron chi connectivity index (χ1n) is 6.92. The molecule has 2 heterocycles. The molecule has 1 amide bonds. The number of carbonyl (C=O) groups is 1. The van der Waals surface area contributed by atoms with Crippen LogP contribution >= 0.6 is 11.3 Å². The SMILES string of the molecule is CC1Cc2ccccc2N1C(=O)CNS(=O)(=O)c1cccs1. The van der Waals surface area contributed by atoms with Crippen molar-refractivity contribution in [2.75, 3.05) is 11.4 Å². The number of hydrogen-bond donors (Lipinski definition) is 1. The Morgan fingerprint density at radius 3 is 2.82 bits per heavy atom. The van der Waals surface area contributed by atoms with E-state index in [4.69, 9.17) is 0 Å². The zero-order valence-corrected chi connectivity index (χ0v) is 13.7. The van der Waals surface area contributed by atoms with Crippen LogP contribution in [0.2, 0.25) is 0 Å². The third-order valence-corrected chi connectivity index (χ3v) is 6.45. The number of nitrogens with zero attached hydrogens (tertiary/aromatic N) is 1. The molecule has 0 spiro atoms. The molecule has 3 rings (SSSR count). The van der Waals surface area contributed by atoms with Crippen LogP contribution in [0.1, 0.15) is 12.5 Å². The fraction of sp³-hybridized carbons (Fsp3) is 0.267. The van der Waals surface area contributed by atoms with E-state index in [0.29, 0.717) is 0 Å². The van der Waals surface area contributed by atoms with Gasteiger partial charge in [-0.2, -0.15) is 0 Å². The number of sulfonamides is 1. The van der Waals surface area contributed by atoms with E-state index in [0.717, 1.165) is 29.0 Å². The topological polar surface area (TPSA) is 66.5 Å². The summed E-state index contributed by atoms with van der Waals surface area (Å²) in [5.74, 6) is -0.238. The maximum atomic E-state index is 12.4. The van der Waals surface area contributed by atoms with Crippen molar-refractivity contribution in [1.82, 2.24) is 4.72 Å². The molecule has 0 fully saturated rings. The highest BCUT2D eigenvalue weighted by molar-refractivity contribution is 7.91. The minimum Gasteiger partial charge on any atom is -0.308 e. The molecule has 5 nitrogen and oxygen atoms in total. The minimum absolute atomic E-state index is 0.0381. The Kier molecular flexibility index (Phi) is 4.03. The predicted molar refractivity (Wildman–Crippen MR) is 86.6 cm³/mol. The lowest BCUT2D eigenvalue weighted by Crippen LogP contribution is -2.42. The van der Waals surface area contributed by atoms with Gasteiger partial charge in [-0.25, -0.2) is 13.1 Å². The van der Waals surface area contributed by atoms with Gasteiger partial charge in [0.15, 0.2) is 0 Å². The average molecular weight is 336 g/mol. The van der Waals surface area contributed by atoms with Gasteiger partial charge in [-0.1, -0.05) is 24.3 Å². The number of nitrogens with one attached hydrogen (secondary N) is 1. The maximum absolute atomic E-state index is 12.4. The molecule has 0 aliphatic carbocycles. The number of para-hydroxylation sites is 1. The van der Waals surface area contributed by atoms with Crippen molar-refractivity contribution < 1.29 is 13.2 Å². The monoisotopic (exact) mass is 336 g/mol. The number of hydrogen-bond acceptors (Lipinski definition) is 4. The van der Waals surface area contributed by atoms with Crippen molar-refractivity contribution in [3.05, 3.63) is 47.3 Å². The average Bonchev–Trinajstić information content (AvgIpc) is 3.12. The van der Waals surface area contributed by atoms with Gasteiger partial charge in [0.25, 0.3) is 10.0 Å². The van der Waals surface area contributed by atoms with Crippen LogP contribution in [0.3, 0.4) is 0 Å². The lowest BCUT2D eigenvalue weighted by molar-refractivity contribution is -0.117. The predicted octanol–water partition coefficient (Wildman–Crippen LogP) is 2.00. The van der Waals surface area contributed by atoms with Gasteiger partial charge < -0.3 is 4.90 Å². The van der Waals surface area contributed by atoms with Crippen LogP contribution in [0.15, 0.2) is 46.0 Å². The summed E-state index contributed by atoms with van der Waals surface area (Å²) in [4.78, 5) is 14.1. The van der Waals surface area contributed by atoms with Crippen molar-refractivity contribution in [2.24, 2.45) is 0 Å². The quantitative estimate of drug-likeness (QED) is 0.929. The van der Waals surface area contributed by atoms with Gasteiger partial charge in [-0.15, -0.1) is 11.3 Å². The molecule has 1 atom stereocenters. The molecule has 0 saturated carbocycles. The lowest BCUT2D eigenvalue weighted by atomic mass is 10.1. The van der Waals surface area contributed by atoms with Crippen molar-refractivity contribution in [3.63, 3.8) is 0 Å². The maximum Gasteiger partial charge on any atom is 0.250 e. The van der Waals surface area contributed by atoms with Crippen molar-refractivity contribution >= 4 is 33.0 Å². The molecule has 1 aliphatic heterocycles. The van der Waals surface area contributed by atoms with Crippen LogP contribution in [0, 0.1) is 0 Å². The fourth-order valence-electron chi connectivity index (χ4n) is 2.68. The molecule has 1 unspecified atom stereocenters. The number of thiophene rings is 1. The van der Waals surface area contributed by atoms with E-state index in [9.17, 15) is 13.2 Å². The van der Waals surface area contributed by atoms with Gasteiger partial charge in [-0.3, -0.25) is 4.79 Å². The van der Waals surface area contributed by atoms with Crippen molar-refractivity contribution in [3.8, 4) is 0 Å². The second-order valence-corrected chi connectivity index (χ2v) is 8.14. The van der Waals surface area contributed by atoms with E-state index in [1.165, 1.54) is 6.07 Å². The lowest BCUT2D eigenvalue weighted by Gasteiger charge is -2.22. The van der Waals surface area contributed by atoms with E-state index in [1.807, 2.05) is 31.2 Å². The summed E-state index contributed by atoms with van der Waals surface area (Å²) in [6.45, 7) is 1.73. The van der Waals surface area contributed by atoms with Crippen LogP contribution in [-0.4, -0.2) is 26.9 Å². The highest BCUT2D eigenvalue weighted by Gasteiger charge is 2.31. The van der Waals surface area contributed by atoms with E-state index in [2.05, 4.69) is 4.72 Å². The van der Waals surface area contributed by atoms with E-state index >= 15 is 0 Å². The van der Waals surface area contributed by atoms with Crippen molar-refractivity contribution in [2.45, 2.75) is 23.6 Å². The number of benzene rings is 1. The van der Waals surface area contributed by atoms with Crippen LogP contribution in [0.25, 0.3) is 0 Å². The summed E-state index contributed by atoms with van der Waals surface area (Å²) in [7, 11) is -3.62. The van der Waals surface area contributed by atoms with Gasteiger partial charge in [0.1, 0.15) is 4.21 Å². The molecular weight excluding hydrogens is 320 g/mol. The largest absolute Gasteiger partial charge is 0.308 e. The number of amides is 1. The Hall–Kier alpha value is -1.70. The summed E-state index contributed by atoms with van der Waals surface area (Å²) in [5.41, 5.74) is 1.99. The van der Waals surface area contributed by atoms with Crippen LogP contribution < -0.4 is 9.62 Å². The standard InChI is InChI=1S/C15H16N2O3S2/c1-11-9-12-5-2-3-6-13(12)17(11)14(18)10-16-22(19,20)15-7-4-8-21-15/h2-8,11,16H,9-10H2,1H3. The first-order valence-corrected chi connectivity index (χ1v) is 9.28. The van der Waals surface area contributed by atoms with Gasteiger partial charge in [0.05, 0.1) is 6.54 Å². The fourth-order valence-corrected chi connectivity index (χ4v) is 4.69. The third kappa shape index (κ3) is 2.79. The zero-order valence-electron chi connectivity index (χ0n) is 12.0. The van der Waals surface area contributed by atoms with Crippen molar-refractivity contribution in [1.29, 1.82) is 0 Å². The number of fused-ring (bicyclic) bond motifs is 1. The summed E-state index contributed by atoms with van der Waals surface area (Å²) in [6, 6.07) is 10.9. The highest BCUT2D eigenvalue weighted by Crippen LogP contribution is 2.31. The molecule has 1 aromatic heterocycles. The second-order valence-electron chi connectivity index (χ2n) is 5.20. The van der Waals surface area contributed by atoms with Gasteiger partial charge in [-0.05, 0) is 36.4 Å². The Labute approximate surface area is 133 Å². The molecule has 0 saturated heterocycles. The summed E-state index contributed by atoms with van der Waals surface area (Å²) >= 11 is 1.13. The first-order chi connectivity index (χ1) is 10.5. The Morgan fingerprint density at radius 1 is 1.32 bits per heavy atom. The molecule has 7 heteroatoms. The number of carbonyl (C=O) groups excluding carboxylic acids is 1. The van der Waals surface area contributed by atoms with Gasteiger partial charge in [0.2, 0.25) is 5.91 Å². The molecule has 22 heavy (non-hydrogen) atoms. The Morgan fingerprint density at radius 2 is 2.09 bits per heavy atom. The summed E-state index contributed by atoms with van der Waals surface area (Å²) in [6.07, 6.45) is 0.791. The Balaban J connectivity index is 1.73.